The van der Waals surface area contributed by atoms with Gasteiger partial charge in [0.1, 0.15) is 0 Å². The minimum Gasteiger partial charge on any atom is -0.481 e. The van der Waals surface area contributed by atoms with Gasteiger partial charge in [-0.3, -0.25) is 4.79 Å². The molecule has 0 aromatic carbocycles. The highest BCUT2D eigenvalue weighted by Gasteiger charge is 2.16. The quantitative estimate of drug-likeness (QED) is 0.688. The van der Waals surface area contributed by atoms with Crippen molar-refractivity contribution in [2.75, 3.05) is 20.1 Å². The Hall–Kier alpha value is -1.26. The van der Waals surface area contributed by atoms with Gasteiger partial charge in [0.05, 0.1) is 0 Å². The van der Waals surface area contributed by atoms with Gasteiger partial charge in [0.2, 0.25) is 0 Å². The number of carbonyl (C=O) groups is 2. The molecule has 2 N–H and O–H groups in total. The summed E-state index contributed by atoms with van der Waals surface area (Å²) in [5.41, 5.74) is 0.0909. The zero-order valence-electron chi connectivity index (χ0n) is 12.0. The Labute approximate surface area is 110 Å². The van der Waals surface area contributed by atoms with Crippen LogP contribution in [0, 0.1) is 5.41 Å². The molecule has 5 heteroatoms. The number of aliphatic carboxylic acids is 1. The molecule has 0 heterocycles. The van der Waals surface area contributed by atoms with E-state index in [-0.39, 0.29) is 17.9 Å². The van der Waals surface area contributed by atoms with Crippen LogP contribution in [0.15, 0.2) is 0 Å². The minimum atomic E-state index is -0.760. The molecule has 0 aromatic rings. The van der Waals surface area contributed by atoms with Crippen molar-refractivity contribution >= 4 is 12.0 Å². The molecule has 0 bridgehead atoms. The molecule has 106 valence electrons. The van der Waals surface area contributed by atoms with Gasteiger partial charge < -0.3 is 15.3 Å². The number of carboxylic acid groups (broad SMARTS) is 1. The monoisotopic (exact) mass is 258 g/mol. The van der Waals surface area contributed by atoms with Crippen LogP contribution in [0.2, 0.25) is 0 Å². The first-order valence-electron chi connectivity index (χ1n) is 6.43. The summed E-state index contributed by atoms with van der Waals surface area (Å²) in [6, 6.07) is -0.0665. The van der Waals surface area contributed by atoms with E-state index in [9.17, 15) is 9.59 Å². The molecule has 18 heavy (non-hydrogen) atoms. The van der Waals surface area contributed by atoms with Crippen LogP contribution in [-0.2, 0) is 4.79 Å². The number of carboxylic acids is 1. The third kappa shape index (κ3) is 9.93. The van der Waals surface area contributed by atoms with Gasteiger partial charge in [0.25, 0.3) is 0 Å². The molecule has 0 radical (unpaired) electrons. The predicted octanol–water partition coefficient (Wildman–Crippen LogP) is 2.32. The van der Waals surface area contributed by atoms with Gasteiger partial charge in [-0.1, -0.05) is 27.2 Å². The lowest BCUT2D eigenvalue weighted by atomic mass is 9.96. The number of nitrogens with zero attached hydrogens (tertiary/aromatic N) is 1. The summed E-state index contributed by atoms with van der Waals surface area (Å²) in [6.45, 7) is 7.57. The summed E-state index contributed by atoms with van der Waals surface area (Å²) in [5.74, 6) is -0.760. The molecular formula is C13H26N2O3. The molecule has 0 aliphatic carbocycles. The normalized spacial score (nSPS) is 11.1. The topological polar surface area (TPSA) is 69.6 Å². The van der Waals surface area contributed by atoms with Gasteiger partial charge in [0.15, 0.2) is 0 Å². The third-order valence-electron chi connectivity index (χ3n) is 2.40. The number of nitrogens with one attached hydrogen (secondary N) is 1. The summed E-state index contributed by atoms with van der Waals surface area (Å²) in [7, 11) is 1.78. The second-order valence-corrected chi connectivity index (χ2v) is 5.85. The van der Waals surface area contributed by atoms with Crippen LogP contribution in [0.25, 0.3) is 0 Å². The molecule has 0 saturated carbocycles. The van der Waals surface area contributed by atoms with Crippen LogP contribution in [0.1, 0.15) is 46.5 Å². The zero-order chi connectivity index (χ0) is 14.2. The number of urea groups is 1. The molecule has 0 atom stereocenters. The fraction of sp³-hybridized carbons (Fsp3) is 0.846. The fourth-order valence-corrected chi connectivity index (χ4v) is 1.69. The van der Waals surface area contributed by atoms with Crippen molar-refractivity contribution in [3.63, 3.8) is 0 Å². The largest absolute Gasteiger partial charge is 0.481 e. The molecule has 0 rings (SSSR count). The van der Waals surface area contributed by atoms with Gasteiger partial charge >= 0.3 is 12.0 Å². The standard InChI is InChI=1S/C13H26N2O3/c1-13(2,3)10-15(4)12(18)14-9-7-5-6-8-11(16)17/h5-10H2,1-4H3,(H,14,18)(H,16,17). The van der Waals surface area contributed by atoms with E-state index in [0.29, 0.717) is 19.5 Å². The van der Waals surface area contributed by atoms with Crippen molar-refractivity contribution in [1.29, 1.82) is 0 Å². The lowest BCUT2D eigenvalue weighted by Crippen LogP contribution is -2.41. The van der Waals surface area contributed by atoms with E-state index in [1.807, 2.05) is 0 Å². The van der Waals surface area contributed by atoms with Crippen molar-refractivity contribution in [3.05, 3.63) is 0 Å². The zero-order valence-corrected chi connectivity index (χ0v) is 12.0. The lowest BCUT2D eigenvalue weighted by Gasteiger charge is -2.26. The number of rotatable bonds is 7. The molecule has 2 amide bonds. The summed E-state index contributed by atoms with van der Waals surface area (Å²) >= 11 is 0. The van der Waals surface area contributed by atoms with Crippen LogP contribution >= 0.6 is 0 Å². The Morgan fingerprint density at radius 3 is 2.28 bits per heavy atom. The summed E-state index contributed by atoms with van der Waals surface area (Å²) in [6.07, 6.45) is 2.53. The Morgan fingerprint density at radius 2 is 1.78 bits per heavy atom. The van der Waals surface area contributed by atoms with Crippen molar-refractivity contribution in [2.24, 2.45) is 5.41 Å². The highest BCUT2D eigenvalue weighted by molar-refractivity contribution is 5.73. The second-order valence-electron chi connectivity index (χ2n) is 5.85. The van der Waals surface area contributed by atoms with Gasteiger partial charge in [0, 0.05) is 26.6 Å². The Morgan fingerprint density at radius 1 is 1.17 bits per heavy atom. The molecule has 5 nitrogen and oxygen atoms in total. The van der Waals surface area contributed by atoms with Crippen molar-refractivity contribution in [1.82, 2.24) is 10.2 Å². The van der Waals surface area contributed by atoms with Crippen LogP contribution in [0.4, 0.5) is 4.79 Å². The lowest BCUT2D eigenvalue weighted by molar-refractivity contribution is -0.137. The predicted molar refractivity (Wildman–Crippen MR) is 71.6 cm³/mol. The summed E-state index contributed by atoms with van der Waals surface area (Å²) in [4.78, 5) is 23.6. The highest BCUT2D eigenvalue weighted by Crippen LogP contribution is 2.13. The SMILES string of the molecule is CN(CC(C)(C)C)C(=O)NCCCCCC(=O)O. The Bertz CT molecular complexity index is 272. The number of hydrogen-bond acceptors (Lipinski definition) is 2. The number of hydrogen-bond donors (Lipinski definition) is 2. The van der Waals surface area contributed by atoms with Gasteiger partial charge in [-0.2, -0.15) is 0 Å². The van der Waals surface area contributed by atoms with Gasteiger partial charge in [-0.25, -0.2) is 4.79 Å². The average Bonchev–Trinajstić information content (AvgIpc) is 2.19. The van der Waals surface area contributed by atoms with Crippen molar-refractivity contribution < 1.29 is 14.7 Å². The van der Waals surface area contributed by atoms with Gasteiger partial charge in [-0.05, 0) is 18.3 Å². The first-order valence-corrected chi connectivity index (χ1v) is 6.43. The van der Waals surface area contributed by atoms with Crippen LogP contribution in [0.5, 0.6) is 0 Å². The number of unbranched alkanes of at least 4 members (excludes halogenated alkanes) is 2. The molecule has 0 aromatic heterocycles. The van der Waals surface area contributed by atoms with Crippen LogP contribution in [0.3, 0.4) is 0 Å². The molecule has 0 spiro atoms. The van der Waals surface area contributed by atoms with Crippen LogP contribution < -0.4 is 5.32 Å². The van der Waals surface area contributed by atoms with Crippen molar-refractivity contribution in [3.8, 4) is 0 Å². The number of amides is 2. The van der Waals surface area contributed by atoms with E-state index in [1.54, 1.807) is 11.9 Å². The maximum atomic E-state index is 11.7. The first-order chi connectivity index (χ1) is 8.22. The fourth-order valence-electron chi connectivity index (χ4n) is 1.69. The average molecular weight is 258 g/mol. The third-order valence-corrected chi connectivity index (χ3v) is 2.40. The smallest absolute Gasteiger partial charge is 0.317 e. The second kappa shape index (κ2) is 7.95. The Kier molecular flexibility index (Phi) is 7.39. The molecule has 0 unspecified atom stereocenters. The molecule has 0 aliphatic heterocycles. The van der Waals surface area contributed by atoms with Gasteiger partial charge in [-0.15, -0.1) is 0 Å². The van der Waals surface area contributed by atoms with E-state index in [4.69, 9.17) is 5.11 Å². The van der Waals surface area contributed by atoms with E-state index in [2.05, 4.69) is 26.1 Å². The number of carbonyl (C=O) groups excluding carboxylic acids is 1. The first kappa shape index (κ1) is 16.7. The molecule has 0 aliphatic rings. The molecule has 0 saturated heterocycles. The van der Waals surface area contributed by atoms with E-state index < -0.39 is 5.97 Å². The highest BCUT2D eigenvalue weighted by atomic mass is 16.4. The van der Waals surface area contributed by atoms with Crippen LogP contribution in [-0.4, -0.2) is 42.1 Å². The van der Waals surface area contributed by atoms with Crippen molar-refractivity contribution in [2.45, 2.75) is 46.5 Å². The Balaban J connectivity index is 3.61. The van der Waals surface area contributed by atoms with E-state index >= 15 is 0 Å². The van der Waals surface area contributed by atoms with E-state index in [1.165, 1.54) is 0 Å². The minimum absolute atomic E-state index is 0.0665. The summed E-state index contributed by atoms with van der Waals surface area (Å²) in [5, 5.41) is 11.3. The van der Waals surface area contributed by atoms with E-state index in [0.717, 1.165) is 12.8 Å². The molecule has 0 fully saturated rings. The summed E-state index contributed by atoms with van der Waals surface area (Å²) < 4.78 is 0. The maximum absolute atomic E-state index is 11.7. The molecular weight excluding hydrogens is 232 g/mol. The maximum Gasteiger partial charge on any atom is 0.317 e.